The summed E-state index contributed by atoms with van der Waals surface area (Å²) >= 11 is 0. The molecule has 1 N–H and O–H groups in total. The van der Waals surface area contributed by atoms with Crippen molar-refractivity contribution in [1.82, 2.24) is 5.01 Å². The first-order valence-corrected chi connectivity index (χ1v) is 4.97. The van der Waals surface area contributed by atoms with E-state index in [2.05, 4.69) is 19.6 Å². The predicted octanol–water partition coefficient (Wildman–Crippen LogP) is 0.331. The number of carboxylic acids is 1. The molecule has 10 heteroatoms. The quantitative estimate of drug-likeness (QED) is 0.229. The zero-order valence-electron chi connectivity index (χ0n) is 10.2. The monoisotopic (exact) mass is 265 g/mol. The molecule has 0 aromatic rings. The fourth-order valence-electron chi connectivity index (χ4n) is 0.602. The van der Waals surface area contributed by atoms with E-state index in [-0.39, 0.29) is 4.97 Å². The number of hydrogen-bond donors (Lipinski definition) is 1. The molecule has 0 amide bonds. The van der Waals surface area contributed by atoms with E-state index in [0.717, 1.165) is 0 Å². The number of carboxylic acid groups (broad SMARTS) is 1. The second-order valence-electron chi connectivity index (χ2n) is 3.03. The van der Waals surface area contributed by atoms with Gasteiger partial charge in [0.05, 0.1) is 18.6 Å². The van der Waals surface area contributed by atoms with E-state index in [4.69, 9.17) is 5.11 Å². The summed E-state index contributed by atoms with van der Waals surface area (Å²) in [7, 11) is 1.48. The fraction of sp³-hybridized carbons (Fsp3) is 0.750. The molecule has 10 nitrogen and oxygen atoms in total. The third-order valence-electron chi connectivity index (χ3n) is 1.59. The van der Waals surface area contributed by atoms with Gasteiger partial charge in [0, 0.05) is 6.92 Å². The Morgan fingerprint density at radius 2 is 2.17 bits per heavy atom. The van der Waals surface area contributed by atoms with Crippen LogP contribution in [0.5, 0.6) is 0 Å². The lowest BCUT2D eigenvalue weighted by molar-refractivity contribution is -0.707. The molecular weight excluding hydrogens is 250 g/mol. The molecule has 0 aromatic carbocycles. The molecule has 0 saturated heterocycles. The van der Waals surface area contributed by atoms with Crippen LogP contribution in [0.3, 0.4) is 0 Å². The summed E-state index contributed by atoms with van der Waals surface area (Å²) in [6, 6.07) is 0. The number of rotatable bonds is 7. The Morgan fingerprint density at radius 3 is 2.67 bits per heavy atom. The Balaban J connectivity index is 4.00. The summed E-state index contributed by atoms with van der Waals surface area (Å²) in [6.07, 6.45) is -2.42. The van der Waals surface area contributed by atoms with Crippen LogP contribution in [0.1, 0.15) is 13.8 Å². The van der Waals surface area contributed by atoms with Gasteiger partial charge in [0.25, 0.3) is 6.29 Å². The summed E-state index contributed by atoms with van der Waals surface area (Å²) in [5, 5.41) is 23.6. The van der Waals surface area contributed by atoms with Crippen LogP contribution >= 0.6 is 0 Å². The average Bonchev–Trinajstić information content (AvgIpc) is 2.32. The maximum Gasteiger partial charge on any atom is 0.512 e. The minimum absolute atomic E-state index is 0.169. The number of ether oxygens (including phenoxy) is 2. The van der Waals surface area contributed by atoms with Crippen LogP contribution < -0.4 is 0 Å². The van der Waals surface area contributed by atoms with Crippen LogP contribution in [0.2, 0.25) is 0 Å². The Bertz CT molecular complexity index is 320. The number of hydrazine groups is 1. The average molecular weight is 265 g/mol. The highest BCUT2D eigenvalue weighted by molar-refractivity contribution is 5.71. The van der Waals surface area contributed by atoms with Gasteiger partial charge >= 0.3 is 12.1 Å². The van der Waals surface area contributed by atoms with Crippen molar-refractivity contribution in [3.8, 4) is 0 Å². The Hall–Kier alpha value is -2.26. The fourth-order valence-corrected chi connectivity index (χ4v) is 0.602. The number of hydrogen-bond acceptors (Lipinski definition) is 7. The maximum atomic E-state index is 11.1. The summed E-state index contributed by atoms with van der Waals surface area (Å²) in [5.41, 5.74) is 0. The zero-order valence-corrected chi connectivity index (χ0v) is 10.2. The molecule has 18 heavy (non-hydrogen) atoms. The van der Waals surface area contributed by atoms with Crippen LogP contribution in [-0.4, -0.2) is 53.7 Å². The van der Waals surface area contributed by atoms with Crippen molar-refractivity contribution < 1.29 is 34.0 Å². The van der Waals surface area contributed by atoms with Crippen molar-refractivity contribution in [1.29, 1.82) is 0 Å². The van der Waals surface area contributed by atoms with Gasteiger partial charge in [-0.15, -0.1) is 5.01 Å². The molecule has 0 saturated carbocycles. The lowest BCUT2D eigenvalue weighted by atomic mass is 10.7. The summed E-state index contributed by atoms with van der Waals surface area (Å²) in [4.78, 5) is 25.6. The molecule has 0 aliphatic heterocycles. The minimum atomic E-state index is -1.32. The van der Waals surface area contributed by atoms with Gasteiger partial charge in [-0.05, 0) is 6.92 Å². The first-order chi connectivity index (χ1) is 8.36. The molecule has 0 spiro atoms. The van der Waals surface area contributed by atoms with Gasteiger partial charge in [0.1, 0.15) is 0 Å². The van der Waals surface area contributed by atoms with Crippen molar-refractivity contribution in [2.75, 3.05) is 20.2 Å². The highest BCUT2D eigenvalue weighted by Gasteiger charge is 2.14. The van der Waals surface area contributed by atoms with Crippen molar-refractivity contribution in [3.63, 3.8) is 0 Å². The smallest absolute Gasteiger partial charge is 0.512 e. The van der Waals surface area contributed by atoms with E-state index in [0.29, 0.717) is 6.54 Å². The van der Waals surface area contributed by atoms with E-state index < -0.39 is 25.0 Å². The SMILES string of the molecule is CCN(C)/[N+]([O-])=N/OC(C)OC(=O)OCC(=O)O. The minimum Gasteiger partial charge on any atom is -0.569 e. The first-order valence-electron chi connectivity index (χ1n) is 4.97. The first kappa shape index (κ1) is 15.7. The molecule has 0 aliphatic rings. The largest absolute Gasteiger partial charge is 0.569 e. The van der Waals surface area contributed by atoms with Crippen molar-refractivity contribution in [2.45, 2.75) is 20.1 Å². The van der Waals surface area contributed by atoms with Gasteiger partial charge in [0.2, 0.25) is 5.28 Å². The van der Waals surface area contributed by atoms with Crippen molar-refractivity contribution >= 4 is 12.1 Å². The molecule has 0 aromatic heterocycles. The summed E-state index contributed by atoms with van der Waals surface area (Å²) in [6.45, 7) is 2.59. The van der Waals surface area contributed by atoms with Gasteiger partial charge in [-0.1, -0.05) is 0 Å². The van der Waals surface area contributed by atoms with E-state index in [1.807, 2.05) is 0 Å². The topological polar surface area (TPSA) is 124 Å². The summed E-state index contributed by atoms with van der Waals surface area (Å²) in [5.74, 6) is -1.32. The van der Waals surface area contributed by atoms with Gasteiger partial charge in [-0.2, -0.15) is 0 Å². The van der Waals surface area contributed by atoms with Crippen LogP contribution in [0.4, 0.5) is 4.79 Å². The maximum absolute atomic E-state index is 11.1. The van der Waals surface area contributed by atoms with Gasteiger partial charge in [-0.3, -0.25) is 4.84 Å². The highest BCUT2D eigenvalue weighted by Crippen LogP contribution is 1.98. The molecule has 1 unspecified atom stereocenters. The Morgan fingerprint density at radius 1 is 1.56 bits per heavy atom. The third kappa shape index (κ3) is 7.09. The lowest BCUT2D eigenvalue weighted by Crippen LogP contribution is -2.27. The molecule has 0 radical (unpaired) electrons. The van der Waals surface area contributed by atoms with Gasteiger partial charge in [-0.25, -0.2) is 9.59 Å². The van der Waals surface area contributed by atoms with Gasteiger partial charge in [0.15, 0.2) is 6.61 Å². The van der Waals surface area contributed by atoms with E-state index >= 15 is 0 Å². The number of nitrogens with zero attached hydrogens (tertiary/aromatic N) is 3. The molecule has 1 atom stereocenters. The summed E-state index contributed by atoms with van der Waals surface area (Å²) < 4.78 is 8.61. The second-order valence-corrected chi connectivity index (χ2v) is 3.03. The normalized spacial score (nSPS) is 12.5. The molecular formula is C8H15N3O7. The highest BCUT2D eigenvalue weighted by atomic mass is 16.8. The van der Waals surface area contributed by atoms with Crippen LogP contribution in [0.25, 0.3) is 0 Å². The number of carbonyl (C=O) groups excluding carboxylic acids is 1. The van der Waals surface area contributed by atoms with Gasteiger partial charge < -0.3 is 19.8 Å². The molecule has 0 bridgehead atoms. The standard InChI is InChI=1S/C8H15N3O7/c1-4-10(3)11(15)9-18-6(2)17-8(14)16-5-7(12)13/h6H,4-5H2,1-3H3,(H,12,13)/b11-9-. The van der Waals surface area contributed by atoms with E-state index in [1.54, 1.807) is 6.92 Å². The Kier molecular flexibility index (Phi) is 6.93. The van der Waals surface area contributed by atoms with Crippen LogP contribution in [0, 0.1) is 5.21 Å². The second kappa shape index (κ2) is 7.92. The van der Waals surface area contributed by atoms with Crippen LogP contribution in [0.15, 0.2) is 5.28 Å². The molecule has 0 rings (SSSR count). The number of aliphatic carboxylic acids is 1. The van der Waals surface area contributed by atoms with Crippen molar-refractivity contribution in [2.24, 2.45) is 5.28 Å². The molecule has 0 heterocycles. The molecule has 0 aliphatic carbocycles. The van der Waals surface area contributed by atoms with E-state index in [1.165, 1.54) is 19.0 Å². The number of carbonyl (C=O) groups is 2. The van der Waals surface area contributed by atoms with Crippen molar-refractivity contribution in [3.05, 3.63) is 5.21 Å². The zero-order chi connectivity index (χ0) is 14.1. The Labute approximate surface area is 103 Å². The lowest BCUT2D eigenvalue weighted by Gasteiger charge is -2.12. The van der Waals surface area contributed by atoms with E-state index in [9.17, 15) is 14.8 Å². The molecule has 0 fully saturated rings. The van der Waals surface area contributed by atoms with Crippen LogP contribution in [-0.2, 0) is 19.1 Å². The third-order valence-corrected chi connectivity index (χ3v) is 1.59. The molecule has 104 valence electrons. The predicted molar refractivity (Wildman–Crippen MR) is 55.0 cm³/mol.